The van der Waals surface area contributed by atoms with Crippen molar-refractivity contribution in [2.45, 2.75) is 19.8 Å². The fourth-order valence-corrected chi connectivity index (χ4v) is 0.632. The van der Waals surface area contributed by atoms with Crippen LogP contribution in [-0.4, -0.2) is 43.6 Å². The number of amides is 1. The first-order valence-electron chi connectivity index (χ1n) is 4.55. The fraction of sp³-hybridized carbons (Fsp3) is 0.700. The molecule has 0 atom stereocenters. The zero-order chi connectivity index (χ0) is 10.9. The fourth-order valence-electron chi connectivity index (χ4n) is 0.632. The first-order valence-corrected chi connectivity index (χ1v) is 4.55. The number of carbonyl (C=O) groups excluding carboxylic acids is 1. The van der Waals surface area contributed by atoms with Crippen LogP contribution < -0.4 is 47.7 Å². The molecule has 16 heavy (non-hydrogen) atoms. The van der Waals surface area contributed by atoms with Crippen LogP contribution >= 0.6 is 0 Å². The second-order valence-corrected chi connectivity index (χ2v) is 3.97. The molecule has 0 aliphatic carbocycles. The topological polar surface area (TPSA) is 73.1 Å². The summed E-state index contributed by atoms with van der Waals surface area (Å²) >= 11 is 0. The molecule has 0 aromatic rings. The third kappa shape index (κ3) is 47.2. The van der Waals surface area contributed by atoms with Crippen LogP contribution in [-0.2, 0) is 4.79 Å². The molecule has 4 nitrogen and oxygen atoms in total. The summed E-state index contributed by atoms with van der Waals surface area (Å²) in [5.74, 6) is -0.481. The Morgan fingerprint density at radius 3 is 1.75 bits per heavy atom. The Kier molecular flexibility index (Phi) is 33.3. The summed E-state index contributed by atoms with van der Waals surface area (Å²) in [6.07, 6.45) is 3.72. The van der Waals surface area contributed by atoms with Gasteiger partial charge in [-0.05, 0) is 12.5 Å². The van der Waals surface area contributed by atoms with Gasteiger partial charge in [0, 0.05) is 0 Å². The van der Waals surface area contributed by atoms with Gasteiger partial charge in [-0.3, -0.25) is 4.79 Å². The molecule has 0 saturated heterocycles. The Hall–Kier alpha value is 0.420. The Morgan fingerprint density at radius 1 is 1.38 bits per heavy atom. The minimum absolute atomic E-state index is 0. The molecule has 0 fully saturated rings. The standard InChI is InChI=1S/C7H18N.C3H5NO.ClH.Na.H2O/c1-5-6-7-8(2,3)4;1-2-3(4)5;;;/h5-7H2,1-4H3;2H,1H2,(H2,4,5);1H;;1H2/q+1;;;+1;/p-2. The number of quaternary nitrogens is 1. The molecule has 0 rings (SSSR count). The van der Waals surface area contributed by atoms with Crippen LogP contribution in [0.3, 0.4) is 0 Å². The molecule has 0 bridgehead atoms. The second-order valence-electron chi connectivity index (χ2n) is 3.97. The van der Waals surface area contributed by atoms with Gasteiger partial charge in [-0.15, -0.1) is 0 Å². The van der Waals surface area contributed by atoms with Crippen molar-refractivity contribution in [2.75, 3.05) is 27.7 Å². The van der Waals surface area contributed by atoms with Crippen LogP contribution in [0.1, 0.15) is 19.8 Å². The Labute approximate surface area is 128 Å². The summed E-state index contributed by atoms with van der Waals surface area (Å²) in [4.78, 5) is 9.47. The normalized spacial score (nSPS) is 8.00. The quantitative estimate of drug-likeness (QED) is 0.313. The van der Waals surface area contributed by atoms with Crippen LogP contribution in [0.5, 0.6) is 0 Å². The third-order valence-corrected chi connectivity index (χ3v) is 1.38. The van der Waals surface area contributed by atoms with Crippen molar-refractivity contribution in [1.82, 2.24) is 0 Å². The van der Waals surface area contributed by atoms with Gasteiger partial charge in [-0.1, -0.05) is 19.9 Å². The molecule has 94 valence electrons. The molecule has 0 aromatic carbocycles. The van der Waals surface area contributed by atoms with Crippen molar-refractivity contribution in [3.8, 4) is 0 Å². The van der Waals surface area contributed by atoms with Gasteiger partial charge in [-0.25, -0.2) is 0 Å². The number of rotatable bonds is 4. The Bertz CT molecular complexity index is 161. The average molecular weight is 263 g/mol. The number of unbranched alkanes of at least 4 members (excludes halogenated alkanes) is 1. The van der Waals surface area contributed by atoms with Crippen molar-refractivity contribution in [3.63, 3.8) is 0 Å². The van der Waals surface area contributed by atoms with E-state index in [0.717, 1.165) is 10.6 Å². The SMILES string of the molecule is C=CC(N)=O.CCCC[N+](C)(C)C.[Cl-].[Na+].[OH-]. The van der Waals surface area contributed by atoms with E-state index in [9.17, 15) is 4.79 Å². The molecular formula is C10H24ClN2NaO2. The van der Waals surface area contributed by atoms with E-state index in [1.165, 1.54) is 19.4 Å². The molecule has 0 unspecified atom stereocenters. The predicted octanol–water partition coefficient (Wildman–Crippen LogP) is -5.02. The maximum absolute atomic E-state index is 9.47. The van der Waals surface area contributed by atoms with Crippen molar-refractivity contribution in [3.05, 3.63) is 12.7 Å². The molecule has 0 heterocycles. The number of primary amides is 1. The summed E-state index contributed by atoms with van der Waals surface area (Å²) in [7, 11) is 6.70. The van der Waals surface area contributed by atoms with E-state index < -0.39 is 5.91 Å². The molecule has 0 radical (unpaired) electrons. The van der Waals surface area contributed by atoms with Crippen molar-refractivity contribution >= 4 is 5.91 Å². The van der Waals surface area contributed by atoms with E-state index in [4.69, 9.17) is 0 Å². The minimum Gasteiger partial charge on any atom is -1.00 e. The van der Waals surface area contributed by atoms with Crippen molar-refractivity contribution in [1.29, 1.82) is 0 Å². The maximum atomic E-state index is 9.47. The number of nitrogens with two attached hydrogens (primary N) is 1. The molecule has 0 spiro atoms. The molecule has 6 heteroatoms. The molecule has 0 aliphatic rings. The maximum Gasteiger partial charge on any atom is 1.00 e. The van der Waals surface area contributed by atoms with E-state index in [1.807, 2.05) is 0 Å². The molecular weight excluding hydrogens is 239 g/mol. The average Bonchev–Trinajstić information content (AvgIpc) is 2.00. The summed E-state index contributed by atoms with van der Waals surface area (Å²) in [5, 5.41) is 0. The Balaban J connectivity index is -0.0000000454. The minimum atomic E-state index is -0.481. The van der Waals surface area contributed by atoms with Crippen LogP contribution in [0.15, 0.2) is 12.7 Å². The number of hydrogen-bond acceptors (Lipinski definition) is 2. The largest absolute Gasteiger partial charge is 1.00 e. The van der Waals surface area contributed by atoms with Gasteiger partial charge in [-0.2, -0.15) is 0 Å². The van der Waals surface area contributed by atoms with E-state index >= 15 is 0 Å². The number of halogens is 1. The zero-order valence-corrected chi connectivity index (χ0v) is 13.9. The molecule has 3 N–H and O–H groups in total. The van der Waals surface area contributed by atoms with Crippen LogP contribution in [0.2, 0.25) is 0 Å². The number of carbonyl (C=O) groups is 1. The Morgan fingerprint density at radius 2 is 1.69 bits per heavy atom. The number of hydrogen-bond donors (Lipinski definition) is 1. The van der Waals surface area contributed by atoms with Crippen LogP contribution in [0.4, 0.5) is 0 Å². The first-order chi connectivity index (χ1) is 5.83. The van der Waals surface area contributed by atoms with Gasteiger partial charge < -0.3 is 28.1 Å². The third-order valence-electron chi connectivity index (χ3n) is 1.38. The smallest absolute Gasteiger partial charge is 1.00 e. The van der Waals surface area contributed by atoms with Crippen LogP contribution in [0.25, 0.3) is 0 Å². The van der Waals surface area contributed by atoms with Gasteiger partial charge in [0.15, 0.2) is 0 Å². The van der Waals surface area contributed by atoms with Crippen molar-refractivity contribution < 1.29 is 56.7 Å². The zero-order valence-electron chi connectivity index (χ0n) is 11.2. The summed E-state index contributed by atoms with van der Waals surface area (Å²) < 4.78 is 1.10. The van der Waals surface area contributed by atoms with E-state index in [0.29, 0.717) is 0 Å². The first kappa shape index (κ1) is 29.9. The van der Waals surface area contributed by atoms with E-state index in [1.54, 1.807) is 0 Å². The van der Waals surface area contributed by atoms with E-state index in [2.05, 4.69) is 40.4 Å². The molecule has 0 aromatic heterocycles. The van der Waals surface area contributed by atoms with Gasteiger partial charge in [0.05, 0.1) is 27.7 Å². The number of nitrogens with zero attached hydrogens (tertiary/aromatic N) is 1. The molecule has 0 aliphatic heterocycles. The summed E-state index contributed by atoms with van der Waals surface area (Å²) in [6, 6.07) is 0. The van der Waals surface area contributed by atoms with Crippen LogP contribution in [0, 0.1) is 0 Å². The van der Waals surface area contributed by atoms with Gasteiger partial charge in [0.25, 0.3) is 0 Å². The van der Waals surface area contributed by atoms with Gasteiger partial charge in [0.1, 0.15) is 0 Å². The molecule has 0 saturated carbocycles. The predicted molar refractivity (Wildman–Crippen MR) is 59.1 cm³/mol. The van der Waals surface area contributed by atoms with Crippen molar-refractivity contribution in [2.24, 2.45) is 5.73 Å². The monoisotopic (exact) mass is 262 g/mol. The summed E-state index contributed by atoms with van der Waals surface area (Å²) in [5.41, 5.74) is 4.53. The molecule has 1 amide bonds. The van der Waals surface area contributed by atoms with Gasteiger partial charge >= 0.3 is 29.6 Å². The van der Waals surface area contributed by atoms with E-state index in [-0.39, 0.29) is 47.4 Å². The van der Waals surface area contributed by atoms with Gasteiger partial charge in [0.2, 0.25) is 5.91 Å². The second kappa shape index (κ2) is 17.8. The summed E-state index contributed by atoms with van der Waals surface area (Å²) in [6.45, 7) is 6.62.